The Bertz CT molecular complexity index is 337. The Balaban J connectivity index is 3.37. The summed E-state index contributed by atoms with van der Waals surface area (Å²) in [6, 6.07) is 1.76. The van der Waals surface area contributed by atoms with Gasteiger partial charge in [0.2, 0.25) is 0 Å². The smallest absolute Gasteiger partial charge is 0.167 e. The van der Waals surface area contributed by atoms with Gasteiger partial charge in [-0.3, -0.25) is 4.79 Å². The first-order valence-electron chi connectivity index (χ1n) is 2.63. The predicted octanol–water partition coefficient (Wildman–Crippen LogP) is 2.01. The Hall–Kier alpha value is -0.980. The molecule has 0 unspecified atom stereocenters. The summed E-state index contributed by atoms with van der Waals surface area (Å²) in [5.41, 5.74) is 0.243. The minimum Gasteiger partial charge on any atom is -0.342 e. The summed E-state index contributed by atoms with van der Waals surface area (Å²) in [6.45, 7) is 0. The number of hydrogen-bond acceptors (Lipinski definition) is 2. The van der Waals surface area contributed by atoms with Gasteiger partial charge in [-0.2, -0.15) is 5.26 Å². The monoisotopic (exact) mass is 188 g/mol. The van der Waals surface area contributed by atoms with Crippen LogP contribution in [0.4, 0.5) is 0 Å². The van der Waals surface area contributed by atoms with E-state index in [2.05, 4.69) is 4.98 Å². The lowest BCUT2D eigenvalue weighted by Crippen LogP contribution is -1.78. The summed E-state index contributed by atoms with van der Waals surface area (Å²) in [4.78, 5) is 12.7. The zero-order chi connectivity index (χ0) is 8.43. The molecule has 11 heavy (non-hydrogen) atoms. The number of nitrogens with one attached hydrogen (secondary N) is 1. The van der Waals surface area contributed by atoms with E-state index in [1.165, 1.54) is 0 Å². The highest BCUT2D eigenvalue weighted by Gasteiger charge is 2.12. The van der Waals surface area contributed by atoms with Gasteiger partial charge in [-0.15, -0.1) is 0 Å². The summed E-state index contributed by atoms with van der Waals surface area (Å²) in [5, 5.41) is 8.60. The van der Waals surface area contributed by atoms with Gasteiger partial charge in [0.05, 0.1) is 15.7 Å². The average molecular weight is 189 g/mol. The zero-order valence-corrected chi connectivity index (χ0v) is 6.70. The van der Waals surface area contributed by atoms with Crippen LogP contribution in [0.5, 0.6) is 0 Å². The van der Waals surface area contributed by atoms with Gasteiger partial charge in [-0.05, 0) is 0 Å². The SMILES string of the molecule is N#Cc1[nH]c(C=O)c(Cl)c1Cl. The number of nitrogens with zero attached hydrogens (tertiary/aromatic N) is 1. The topological polar surface area (TPSA) is 56.6 Å². The van der Waals surface area contributed by atoms with Crippen molar-refractivity contribution in [1.82, 2.24) is 4.98 Å². The molecule has 1 N–H and O–H groups in total. The Morgan fingerprint density at radius 2 is 2.09 bits per heavy atom. The third-order valence-electron chi connectivity index (χ3n) is 1.14. The number of carbonyl (C=O) groups is 1. The molecule has 0 aliphatic carbocycles. The molecule has 0 saturated heterocycles. The molecule has 1 aromatic rings. The maximum absolute atomic E-state index is 10.2. The molecule has 0 aliphatic rings. The molecule has 1 rings (SSSR count). The first-order chi connectivity index (χ1) is 5.20. The summed E-state index contributed by atoms with van der Waals surface area (Å²) >= 11 is 11.1. The molecule has 1 heterocycles. The van der Waals surface area contributed by atoms with Crippen molar-refractivity contribution in [2.75, 3.05) is 0 Å². The van der Waals surface area contributed by atoms with Crippen LogP contribution in [0.15, 0.2) is 0 Å². The third kappa shape index (κ3) is 1.23. The molecule has 0 atom stereocenters. The summed E-state index contributed by atoms with van der Waals surface area (Å²) < 4.78 is 0. The van der Waals surface area contributed by atoms with E-state index in [1.807, 2.05) is 0 Å². The van der Waals surface area contributed by atoms with Gasteiger partial charge < -0.3 is 4.98 Å². The molecule has 0 bridgehead atoms. The molecule has 0 aliphatic heterocycles. The van der Waals surface area contributed by atoms with E-state index >= 15 is 0 Å². The third-order valence-corrected chi connectivity index (χ3v) is 2.01. The average Bonchev–Trinajstić information content (AvgIpc) is 2.30. The second-order valence-electron chi connectivity index (χ2n) is 1.77. The fourth-order valence-electron chi connectivity index (χ4n) is 0.631. The lowest BCUT2D eigenvalue weighted by Gasteiger charge is -1.81. The maximum atomic E-state index is 10.2. The van der Waals surface area contributed by atoms with Crippen LogP contribution in [-0.4, -0.2) is 11.3 Å². The van der Waals surface area contributed by atoms with Crippen molar-refractivity contribution in [3.8, 4) is 6.07 Å². The standard InChI is InChI=1S/C6H2Cl2N2O/c7-5-3(1-9)10-4(2-11)6(5)8/h2,10H. The minimum absolute atomic E-state index is 0.0938. The molecule has 0 saturated carbocycles. The molecule has 0 fully saturated rings. The lowest BCUT2D eigenvalue weighted by molar-refractivity contribution is 0.111. The van der Waals surface area contributed by atoms with E-state index in [4.69, 9.17) is 28.5 Å². The number of aromatic nitrogens is 1. The van der Waals surface area contributed by atoms with Crippen molar-refractivity contribution in [2.45, 2.75) is 0 Å². The van der Waals surface area contributed by atoms with Crippen LogP contribution < -0.4 is 0 Å². The highest BCUT2D eigenvalue weighted by molar-refractivity contribution is 6.44. The van der Waals surface area contributed by atoms with Crippen molar-refractivity contribution >= 4 is 29.5 Å². The van der Waals surface area contributed by atoms with E-state index < -0.39 is 0 Å². The first-order valence-corrected chi connectivity index (χ1v) is 3.38. The molecule has 3 nitrogen and oxygen atoms in total. The predicted molar refractivity (Wildman–Crippen MR) is 40.9 cm³/mol. The highest BCUT2D eigenvalue weighted by atomic mass is 35.5. The number of nitriles is 1. The number of carbonyl (C=O) groups excluding carboxylic acids is 1. The van der Waals surface area contributed by atoms with Crippen LogP contribution in [0.1, 0.15) is 16.2 Å². The Morgan fingerprint density at radius 1 is 1.45 bits per heavy atom. The number of halogens is 2. The van der Waals surface area contributed by atoms with Gasteiger partial charge >= 0.3 is 0 Å². The van der Waals surface area contributed by atoms with E-state index in [9.17, 15) is 4.79 Å². The van der Waals surface area contributed by atoms with E-state index in [0.717, 1.165) is 0 Å². The second kappa shape index (κ2) is 2.95. The van der Waals surface area contributed by atoms with Crippen LogP contribution in [0.3, 0.4) is 0 Å². The first kappa shape index (κ1) is 8.12. The van der Waals surface area contributed by atoms with Crippen LogP contribution >= 0.6 is 23.2 Å². The molecule has 0 amide bonds. The van der Waals surface area contributed by atoms with Crippen LogP contribution in [0.25, 0.3) is 0 Å². The Labute approximate surface area is 72.5 Å². The van der Waals surface area contributed by atoms with E-state index in [1.54, 1.807) is 6.07 Å². The van der Waals surface area contributed by atoms with Crippen LogP contribution in [-0.2, 0) is 0 Å². The highest BCUT2D eigenvalue weighted by Crippen LogP contribution is 2.27. The maximum Gasteiger partial charge on any atom is 0.167 e. The van der Waals surface area contributed by atoms with Gasteiger partial charge in [-0.25, -0.2) is 0 Å². The van der Waals surface area contributed by atoms with Gasteiger partial charge in [-0.1, -0.05) is 23.2 Å². The molecule has 0 radical (unpaired) electrons. The molecule has 0 spiro atoms. The van der Waals surface area contributed by atoms with E-state index in [-0.39, 0.29) is 21.4 Å². The van der Waals surface area contributed by atoms with Gasteiger partial charge in [0.25, 0.3) is 0 Å². The number of aldehydes is 1. The van der Waals surface area contributed by atoms with Crippen molar-refractivity contribution in [3.63, 3.8) is 0 Å². The van der Waals surface area contributed by atoms with E-state index in [0.29, 0.717) is 6.29 Å². The largest absolute Gasteiger partial charge is 0.342 e. The summed E-state index contributed by atoms with van der Waals surface area (Å²) in [5.74, 6) is 0. The van der Waals surface area contributed by atoms with Crippen molar-refractivity contribution in [3.05, 3.63) is 21.4 Å². The summed E-state index contributed by atoms with van der Waals surface area (Å²) in [7, 11) is 0. The van der Waals surface area contributed by atoms with Gasteiger partial charge in [0.1, 0.15) is 11.8 Å². The number of aromatic amines is 1. The van der Waals surface area contributed by atoms with Gasteiger partial charge in [0.15, 0.2) is 6.29 Å². The quantitative estimate of drug-likeness (QED) is 0.686. The molecule has 56 valence electrons. The fourth-order valence-corrected chi connectivity index (χ4v) is 1.01. The minimum atomic E-state index is 0.0938. The molecule has 0 aromatic carbocycles. The molecular formula is C6H2Cl2N2O. The molecule has 5 heteroatoms. The number of rotatable bonds is 1. The summed E-state index contributed by atoms with van der Waals surface area (Å²) in [6.07, 6.45) is 0.509. The molecular weight excluding hydrogens is 187 g/mol. The van der Waals surface area contributed by atoms with Crippen molar-refractivity contribution < 1.29 is 4.79 Å². The second-order valence-corrected chi connectivity index (χ2v) is 2.53. The van der Waals surface area contributed by atoms with Crippen LogP contribution in [0.2, 0.25) is 10.0 Å². The Morgan fingerprint density at radius 3 is 2.36 bits per heavy atom. The number of H-pyrrole nitrogens is 1. The number of hydrogen-bond donors (Lipinski definition) is 1. The van der Waals surface area contributed by atoms with Gasteiger partial charge in [0, 0.05) is 0 Å². The van der Waals surface area contributed by atoms with Crippen molar-refractivity contribution in [1.29, 1.82) is 5.26 Å². The lowest BCUT2D eigenvalue weighted by atomic mass is 10.4. The van der Waals surface area contributed by atoms with Crippen LogP contribution in [0, 0.1) is 11.3 Å². The fraction of sp³-hybridized carbons (Fsp3) is 0. The van der Waals surface area contributed by atoms with Crippen molar-refractivity contribution in [2.24, 2.45) is 0 Å². The normalized spacial score (nSPS) is 9.18. The zero-order valence-electron chi connectivity index (χ0n) is 5.19. The Kier molecular flexibility index (Phi) is 2.18. The molecule has 1 aromatic heterocycles.